The van der Waals surface area contributed by atoms with Crippen molar-refractivity contribution in [2.75, 3.05) is 0 Å². The molecule has 114 valence electrons. The summed E-state index contributed by atoms with van der Waals surface area (Å²) < 4.78 is 4.23. The summed E-state index contributed by atoms with van der Waals surface area (Å²) in [5.41, 5.74) is 1.22. The van der Waals surface area contributed by atoms with Gasteiger partial charge in [-0.25, -0.2) is 14.6 Å². The number of imidazole rings is 1. The molecule has 0 spiro atoms. The Morgan fingerprint density at radius 3 is 2.86 bits per heavy atom. The first-order valence-corrected chi connectivity index (χ1v) is 7.74. The van der Waals surface area contributed by atoms with Crippen LogP contribution >= 0.6 is 0 Å². The van der Waals surface area contributed by atoms with Gasteiger partial charge >= 0.3 is 0 Å². The molecule has 2 heterocycles. The summed E-state index contributed by atoms with van der Waals surface area (Å²) in [7, 11) is 0. The van der Waals surface area contributed by atoms with Crippen LogP contribution in [0, 0.1) is 12.8 Å². The van der Waals surface area contributed by atoms with Gasteiger partial charge in [-0.3, -0.25) is 0 Å². The molecule has 0 atom stereocenters. The molecule has 0 unspecified atom stereocenters. The molecule has 1 saturated carbocycles. The molecular weight excluding hydrogens is 264 g/mol. The van der Waals surface area contributed by atoms with Crippen LogP contribution < -0.4 is 5.32 Å². The lowest BCUT2D eigenvalue weighted by atomic mass is 10.2. The van der Waals surface area contributed by atoms with Crippen LogP contribution in [0.1, 0.15) is 44.0 Å². The van der Waals surface area contributed by atoms with Gasteiger partial charge in [0.05, 0.1) is 12.2 Å². The molecule has 6 nitrogen and oxygen atoms in total. The Balaban J connectivity index is 1.74. The highest BCUT2D eigenvalue weighted by Gasteiger charge is 2.21. The Kier molecular flexibility index (Phi) is 4.05. The van der Waals surface area contributed by atoms with Gasteiger partial charge in [0.25, 0.3) is 0 Å². The zero-order chi connectivity index (χ0) is 14.8. The Morgan fingerprint density at radius 2 is 2.14 bits per heavy atom. The number of rotatable bonds is 7. The van der Waals surface area contributed by atoms with E-state index < -0.39 is 0 Å². The minimum absolute atomic E-state index is 0.560. The standard InChI is InChI=1S/C15H24N6/c1-11(2)8-21-15(18-10-19-21)9-20-12(3)16-6-14(20)7-17-13-4-5-13/h6,10-11,13,17H,4-5,7-9H2,1-3H3. The van der Waals surface area contributed by atoms with Gasteiger partial charge in [0.1, 0.15) is 18.0 Å². The molecule has 21 heavy (non-hydrogen) atoms. The van der Waals surface area contributed by atoms with Gasteiger partial charge in [0, 0.05) is 25.3 Å². The predicted octanol–water partition coefficient (Wildman–Crippen LogP) is 1.74. The topological polar surface area (TPSA) is 60.6 Å². The Bertz CT molecular complexity index is 593. The first-order chi connectivity index (χ1) is 10.1. The minimum Gasteiger partial charge on any atom is -0.323 e. The Labute approximate surface area is 125 Å². The molecule has 0 aromatic carbocycles. The third-order valence-electron chi connectivity index (χ3n) is 3.82. The number of aryl methyl sites for hydroxylation is 1. The summed E-state index contributed by atoms with van der Waals surface area (Å²) in [6.07, 6.45) is 6.21. The second-order valence-electron chi connectivity index (χ2n) is 6.29. The quantitative estimate of drug-likeness (QED) is 0.843. The normalized spacial score (nSPS) is 15.0. The van der Waals surface area contributed by atoms with Crippen molar-refractivity contribution in [1.29, 1.82) is 0 Å². The summed E-state index contributed by atoms with van der Waals surface area (Å²) in [6, 6.07) is 0.707. The van der Waals surface area contributed by atoms with E-state index in [2.05, 4.69) is 38.8 Å². The summed E-state index contributed by atoms with van der Waals surface area (Å²) in [5.74, 6) is 2.59. The van der Waals surface area contributed by atoms with Gasteiger partial charge < -0.3 is 9.88 Å². The molecule has 1 N–H and O–H groups in total. The fourth-order valence-electron chi connectivity index (χ4n) is 2.46. The van der Waals surface area contributed by atoms with E-state index >= 15 is 0 Å². The average molecular weight is 288 g/mol. The van der Waals surface area contributed by atoms with E-state index in [0.717, 1.165) is 31.3 Å². The number of aromatic nitrogens is 5. The Morgan fingerprint density at radius 1 is 1.33 bits per heavy atom. The number of nitrogens with zero attached hydrogens (tertiary/aromatic N) is 5. The maximum absolute atomic E-state index is 4.45. The van der Waals surface area contributed by atoms with E-state index in [4.69, 9.17) is 0 Å². The van der Waals surface area contributed by atoms with E-state index in [1.807, 2.05) is 17.8 Å². The summed E-state index contributed by atoms with van der Waals surface area (Å²) in [6.45, 7) is 8.95. The van der Waals surface area contributed by atoms with Crippen molar-refractivity contribution in [2.45, 2.75) is 59.3 Å². The van der Waals surface area contributed by atoms with Crippen LogP contribution in [0.2, 0.25) is 0 Å². The predicted molar refractivity (Wildman–Crippen MR) is 80.8 cm³/mol. The number of hydrogen-bond donors (Lipinski definition) is 1. The van der Waals surface area contributed by atoms with Crippen molar-refractivity contribution in [3.63, 3.8) is 0 Å². The van der Waals surface area contributed by atoms with E-state index in [-0.39, 0.29) is 0 Å². The molecule has 0 aliphatic heterocycles. The second kappa shape index (κ2) is 5.97. The van der Waals surface area contributed by atoms with Crippen molar-refractivity contribution in [2.24, 2.45) is 5.92 Å². The molecule has 0 amide bonds. The molecule has 0 bridgehead atoms. The highest BCUT2D eigenvalue weighted by Crippen LogP contribution is 2.19. The molecule has 2 aromatic rings. The Hall–Kier alpha value is -1.69. The van der Waals surface area contributed by atoms with Crippen LogP contribution in [0.25, 0.3) is 0 Å². The van der Waals surface area contributed by atoms with E-state index in [9.17, 15) is 0 Å². The van der Waals surface area contributed by atoms with Crippen molar-refractivity contribution < 1.29 is 0 Å². The average Bonchev–Trinajstić information content (AvgIpc) is 3.08. The SMILES string of the molecule is Cc1ncc(CNC2CC2)n1Cc1ncnn1CC(C)C. The smallest absolute Gasteiger partial charge is 0.146 e. The van der Waals surface area contributed by atoms with Crippen molar-refractivity contribution in [3.8, 4) is 0 Å². The summed E-state index contributed by atoms with van der Waals surface area (Å²) >= 11 is 0. The lowest BCUT2D eigenvalue weighted by Gasteiger charge is -2.13. The fourth-order valence-corrected chi connectivity index (χ4v) is 2.46. The number of nitrogens with one attached hydrogen (secondary N) is 1. The van der Waals surface area contributed by atoms with Gasteiger partial charge in [-0.15, -0.1) is 0 Å². The zero-order valence-electron chi connectivity index (χ0n) is 13.1. The van der Waals surface area contributed by atoms with Gasteiger partial charge in [0.15, 0.2) is 0 Å². The number of hydrogen-bond acceptors (Lipinski definition) is 4. The lowest BCUT2D eigenvalue weighted by molar-refractivity contribution is 0.458. The van der Waals surface area contributed by atoms with Gasteiger partial charge in [-0.2, -0.15) is 5.10 Å². The van der Waals surface area contributed by atoms with Crippen LogP contribution in [0.3, 0.4) is 0 Å². The zero-order valence-corrected chi connectivity index (χ0v) is 13.1. The molecule has 1 fully saturated rings. The van der Waals surface area contributed by atoms with Crippen LogP contribution in [0.15, 0.2) is 12.5 Å². The van der Waals surface area contributed by atoms with Crippen LogP contribution in [0.5, 0.6) is 0 Å². The monoisotopic (exact) mass is 288 g/mol. The van der Waals surface area contributed by atoms with Gasteiger partial charge in [-0.05, 0) is 25.7 Å². The highest BCUT2D eigenvalue weighted by molar-refractivity contribution is 5.07. The first-order valence-electron chi connectivity index (χ1n) is 7.74. The third kappa shape index (κ3) is 3.50. The van der Waals surface area contributed by atoms with Gasteiger partial charge in [0.2, 0.25) is 0 Å². The summed E-state index contributed by atoms with van der Waals surface area (Å²) in [4.78, 5) is 8.87. The largest absolute Gasteiger partial charge is 0.323 e. The molecule has 1 aliphatic rings. The second-order valence-corrected chi connectivity index (χ2v) is 6.29. The van der Waals surface area contributed by atoms with Gasteiger partial charge in [-0.1, -0.05) is 13.8 Å². The molecule has 6 heteroatoms. The molecule has 0 saturated heterocycles. The van der Waals surface area contributed by atoms with Crippen LogP contribution in [0.4, 0.5) is 0 Å². The van der Waals surface area contributed by atoms with Crippen LogP contribution in [-0.4, -0.2) is 30.4 Å². The molecule has 3 rings (SSSR count). The first kappa shape index (κ1) is 14.3. The fraction of sp³-hybridized carbons (Fsp3) is 0.667. The van der Waals surface area contributed by atoms with Crippen molar-refractivity contribution in [3.05, 3.63) is 29.9 Å². The van der Waals surface area contributed by atoms with Crippen molar-refractivity contribution >= 4 is 0 Å². The maximum Gasteiger partial charge on any atom is 0.146 e. The highest BCUT2D eigenvalue weighted by atomic mass is 15.3. The maximum atomic E-state index is 4.45. The third-order valence-corrected chi connectivity index (χ3v) is 3.82. The summed E-state index contributed by atoms with van der Waals surface area (Å²) in [5, 5.41) is 7.89. The lowest BCUT2D eigenvalue weighted by Crippen LogP contribution is -2.20. The minimum atomic E-state index is 0.560. The van der Waals surface area contributed by atoms with E-state index in [1.165, 1.54) is 18.5 Å². The molecule has 0 radical (unpaired) electrons. The molecule has 2 aromatic heterocycles. The van der Waals surface area contributed by atoms with E-state index in [0.29, 0.717) is 12.0 Å². The van der Waals surface area contributed by atoms with Crippen molar-refractivity contribution in [1.82, 2.24) is 29.6 Å². The molecular formula is C15H24N6. The van der Waals surface area contributed by atoms with Crippen LogP contribution in [-0.2, 0) is 19.6 Å². The molecule has 1 aliphatic carbocycles. The van der Waals surface area contributed by atoms with E-state index in [1.54, 1.807) is 6.33 Å².